The molecule has 0 unspecified atom stereocenters. The molecule has 0 saturated heterocycles. The van der Waals surface area contributed by atoms with E-state index in [0.29, 0.717) is 17.8 Å². The van der Waals surface area contributed by atoms with Crippen LogP contribution in [0, 0.1) is 0 Å². The lowest BCUT2D eigenvalue weighted by Crippen LogP contribution is -2.31. The summed E-state index contributed by atoms with van der Waals surface area (Å²) in [5, 5.41) is 0. The van der Waals surface area contributed by atoms with Crippen LogP contribution >= 0.6 is 15.9 Å². The van der Waals surface area contributed by atoms with Crippen LogP contribution in [-0.4, -0.2) is 17.4 Å². The van der Waals surface area contributed by atoms with E-state index in [1.54, 1.807) is 12.1 Å². The minimum atomic E-state index is 0.0108. The average Bonchev–Trinajstić information content (AvgIpc) is 2.68. The Morgan fingerprint density at radius 2 is 1.90 bits per heavy atom. The van der Waals surface area contributed by atoms with Crippen molar-refractivity contribution in [3.8, 4) is 0 Å². The number of hydrogen-bond acceptors (Lipinski definition) is 2. The molecule has 0 spiro atoms. The molecule has 1 heterocycles. The molecule has 4 heteroatoms. The van der Waals surface area contributed by atoms with Crippen LogP contribution < -0.4 is 5.73 Å². The second-order valence-electron chi connectivity index (χ2n) is 5.33. The number of carbonyl (C=O) groups is 1. The van der Waals surface area contributed by atoms with E-state index in [1.807, 2.05) is 17.0 Å². The third-order valence-electron chi connectivity index (χ3n) is 3.88. The normalized spacial score (nSPS) is 14.4. The zero-order valence-electron chi connectivity index (χ0n) is 11.7. The lowest BCUT2D eigenvalue weighted by Gasteiger charge is -2.22. The molecule has 0 atom stereocenters. The molecule has 108 valence electrons. The van der Waals surface area contributed by atoms with Gasteiger partial charge in [0.1, 0.15) is 0 Å². The van der Waals surface area contributed by atoms with Gasteiger partial charge < -0.3 is 10.6 Å². The van der Waals surface area contributed by atoms with Gasteiger partial charge in [-0.3, -0.25) is 4.79 Å². The van der Waals surface area contributed by atoms with E-state index in [-0.39, 0.29) is 5.91 Å². The molecule has 0 radical (unpaired) electrons. The van der Waals surface area contributed by atoms with E-state index in [1.165, 1.54) is 11.1 Å². The minimum Gasteiger partial charge on any atom is -0.398 e. The predicted molar refractivity (Wildman–Crippen MR) is 88.1 cm³/mol. The maximum absolute atomic E-state index is 12.7. The fourth-order valence-corrected chi connectivity index (χ4v) is 3.15. The number of carbonyl (C=O) groups excluding carboxylic acids is 1. The molecular formula is C17H17BrN2O. The number of anilines is 1. The fourth-order valence-electron chi connectivity index (χ4n) is 2.77. The summed E-state index contributed by atoms with van der Waals surface area (Å²) in [5.74, 6) is 0.0108. The molecule has 1 aliphatic rings. The van der Waals surface area contributed by atoms with E-state index >= 15 is 0 Å². The molecule has 3 rings (SSSR count). The minimum absolute atomic E-state index is 0.0108. The number of halogens is 1. The van der Waals surface area contributed by atoms with Gasteiger partial charge in [0.2, 0.25) is 0 Å². The summed E-state index contributed by atoms with van der Waals surface area (Å²) in [7, 11) is 0. The van der Waals surface area contributed by atoms with Gasteiger partial charge in [-0.1, -0.05) is 40.2 Å². The summed E-state index contributed by atoms with van der Waals surface area (Å²) in [5.41, 5.74) is 9.67. The molecule has 1 aliphatic heterocycles. The van der Waals surface area contributed by atoms with Crippen molar-refractivity contribution < 1.29 is 4.79 Å². The highest BCUT2D eigenvalue weighted by Gasteiger charge is 2.21. The molecule has 21 heavy (non-hydrogen) atoms. The fraction of sp³-hybridized carbons (Fsp3) is 0.235. The first-order valence-electron chi connectivity index (χ1n) is 7.06. The smallest absolute Gasteiger partial charge is 0.256 e. The van der Waals surface area contributed by atoms with Crippen LogP contribution in [0.5, 0.6) is 0 Å². The average molecular weight is 345 g/mol. The highest BCUT2D eigenvalue weighted by Crippen LogP contribution is 2.23. The molecule has 0 aliphatic carbocycles. The van der Waals surface area contributed by atoms with Crippen LogP contribution in [0.3, 0.4) is 0 Å². The number of aryl methyl sites for hydroxylation is 1. The monoisotopic (exact) mass is 344 g/mol. The topological polar surface area (TPSA) is 46.3 Å². The number of nitrogens with two attached hydrogens (primary N) is 1. The second-order valence-corrected chi connectivity index (χ2v) is 6.25. The summed E-state index contributed by atoms with van der Waals surface area (Å²) in [6.45, 7) is 1.42. The van der Waals surface area contributed by atoms with E-state index in [9.17, 15) is 4.79 Å². The lowest BCUT2D eigenvalue weighted by atomic mass is 10.0. The van der Waals surface area contributed by atoms with Gasteiger partial charge in [-0.2, -0.15) is 0 Å². The molecule has 2 N–H and O–H groups in total. The van der Waals surface area contributed by atoms with Crippen LogP contribution in [0.15, 0.2) is 46.9 Å². The van der Waals surface area contributed by atoms with E-state index in [2.05, 4.69) is 34.1 Å². The van der Waals surface area contributed by atoms with Gasteiger partial charge in [0.25, 0.3) is 5.91 Å². The third kappa shape index (κ3) is 2.95. The lowest BCUT2D eigenvalue weighted by molar-refractivity contribution is 0.0747. The van der Waals surface area contributed by atoms with Crippen molar-refractivity contribution in [2.75, 3.05) is 12.3 Å². The summed E-state index contributed by atoms with van der Waals surface area (Å²) >= 11 is 3.37. The largest absolute Gasteiger partial charge is 0.398 e. The molecule has 3 nitrogen and oxygen atoms in total. The first-order valence-corrected chi connectivity index (χ1v) is 7.85. The van der Waals surface area contributed by atoms with Gasteiger partial charge in [0, 0.05) is 23.2 Å². The van der Waals surface area contributed by atoms with E-state index in [4.69, 9.17) is 5.73 Å². The van der Waals surface area contributed by atoms with Crippen molar-refractivity contribution in [3.05, 3.63) is 63.6 Å². The Kier molecular flexibility index (Phi) is 3.97. The summed E-state index contributed by atoms with van der Waals surface area (Å²) < 4.78 is 0.887. The Labute approximate surface area is 132 Å². The summed E-state index contributed by atoms with van der Waals surface area (Å²) in [4.78, 5) is 14.6. The van der Waals surface area contributed by atoms with Gasteiger partial charge >= 0.3 is 0 Å². The molecule has 2 aromatic rings. The second kappa shape index (κ2) is 5.90. The Bertz CT molecular complexity index is 684. The number of nitrogen functional groups attached to an aromatic ring is 1. The number of nitrogens with zero attached hydrogens (tertiary/aromatic N) is 1. The molecule has 2 aromatic carbocycles. The van der Waals surface area contributed by atoms with E-state index in [0.717, 1.165) is 23.9 Å². The van der Waals surface area contributed by atoms with Crippen LogP contribution in [0.2, 0.25) is 0 Å². The Morgan fingerprint density at radius 1 is 1.14 bits per heavy atom. The van der Waals surface area contributed by atoms with Crippen molar-refractivity contribution in [2.24, 2.45) is 0 Å². The summed E-state index contributed by atoms with van der Waals surface area (Å²) in [6.07, 6.45) is 2.01. The standard InChI is InChI=1S/C17H17BrN2O/c18-14-7-8-15(16(19)10-14)17(21)20-9-3-6-12-4-1-2-5-13(12)11-20/h1-2,4-5,7-8,10H,3,6,9,11,19H2. The zero-order valence-corrected chi connectivity index (χ0v) is 13.3. The van der Waals surface area contributed by atoms with Crippen molar-refractivity contribution in [1.82, 2.24) is 4.90 Å². The van der Waals surface area contributed by atoms with Crippen LogP contribution in [0.1, 0.15) is 27.9 Å². The van der Waals surface area contributed by atoms with Gasteiger partial charge in [0.15, 0.2) is 0 Å². The van der Waals surface area contributed by atoms with Crippen molar-refractivity contribution in [2.45, 2.75) is 19.4 Å². The molecular weight excluding hydrogens is 328 g/mol. The maximum Gasteiger partial charge on any atom is 0.256 e. The third-order valence-corrected chi connectivity index (χ3v) is 4.38. The SMILES string of the molecule is Nc1cc(Br)ccc1C(=O)N1CCCc2ccccc2C1. The number of amides is 1. The van der Waals surface area contributed by atoms with Crippen molar-refractivity contribution in [3.63, 3.8) is 0 Å². The van der Waals surface area contributed by atoms with Crippen molar-refractivity contribution >= 4 is 27.5 Å². The van der Waals surface area contributed by atoms with E-state index < -0.39 is 0 Å². The predicted octanol–water partition coefficient (Wildman–Crippen LogP) is 3.62. The number of benzene rings is 2. The quantitative estimate of drug-likeness (QED) is 0.803. The summed E-state index contributed by atoms with van der Waals surface area (Å²) in [6, 6.07) is 13.8. The molecule has 0 fully saturated rings. The van der Waals surface area contributed by atoms with Gasteiger partial charge in [-0.25, -0.2) is 0 Å². The highest BCUT2D eigenvalue weighted by atomic mass is 79.9. The molecule has 0 saturated carbocycles. The van der Waals surface area contributed by atoms with Crippen LogP contribution in [-0.2, 0) is 13.0 Å². The van der Waals surface area contributed by atoms with Gasteiger partial charge in [-0.15, -0.1) is 0 Å². The zero-order chi connectivity index (χ0) is 14.8. The first kappa shape index (κ1) is 14.1. The molecule has 0 bridgehead atoms. The number of hydrogen-bond donors (Lipinski definition) is 1. The van der Waals surface area contributed by atoms with Crippen LogP contribution in [0.25, 0.3) is 0 Å². The van der Waals surface area contributed by atoms with Crippen molar-refractivity contribution in [1.29, 1.82) is 0 Å². The molecule has 0 aromatic heterocycles. The first-order chi connectivity index (χ1) is 10.1. The Hall–Kier alpha value is -1.81. The highest BCUT2D eigenvalue weighted by molar-refractivity contribution is 9.10. The van der Waals surface area contributed by atoms with Gasteiger partial charge in [-0.05, 0) is 42.2 Å². The maximum atomic E-state index is 12.7. The number of fused-ring (bicyclic) bond motifs is 1. The molecule has 1 amide bonds. The van der Waals surface area contributed by atoms with Gasteiger partial charge in [0.05, 0.1) is 5.56 Å². The number of rotatable bonds is 1. The Morgan fingerprint density at radius 3 is 2.67 bits per heavy atom. The Balaban J connectivity index is 1.88. The van der Waals surface area contributed by atoms with Crippen LogP contribution in [0.4, 0.5) is 5.69 Å².